The Morgan fingerprint density at radius 3 is 2.57 bits per heavy atom. The molecule has 0 aliphatic carbocycles. The van der Waals surface area contributed by atoms with Crippen molar-refractivity contribution in [2.45, 2.75) is 19.6 Å². The van der Waals surface area contributed by atoms with Crippen LogP contribution in [0, 0.1) is 0 Å². The van der Waals surface area contributed by atoms with Crippen LogP contribution < -0.4 is 5.73 Å². The molecule has 1 rings (SSSR count). The molecule has 0 aliphatic rings. The molecule has 1 aromatic heterocycles. The highest BCUT2D eigenvalue weighted by Gasteiger charge is 2.20. The highest BCUT2D eigenvalue weighted by molar-refractivity contribution is 5.41. The van der Waals surface area contributed by atoms with E-state index in [1.54, 1.807) is 0 Å². The summed E-state index contributed by atoms with van der Waals surface area (Å²) in [5.41, 5.74) is 4.50. The van der Waals surface area contributed by atoms with E-state index in [0.29, 0.717) is 0 Å². The molecule has 4 N–H and O–H groups in total. The van der Waals surface area contributed by atoms with Crippen LogP contribution in [0.15, 0.2) is 6.20 Å². The number of aromatic hydroxyl groups is 1. The molecular weight excluding hydrogens is 194 g/mol. The van der Waals surface area contributed by atoms with Crippen LogP contribution in [-0.2, 0) is 13.2 Å². The molecule has 0 saturated carbocycles. The number of pyridine rings is 1. The van der Waals surface area contributed by atoms with Gasteiger partial charge in [0, 0.05) is 18.3 Å². The van der Waals surface area contributed by atoms with Crippen LogP contribution in [0.1, 0.15) is 23.2 Å². The van der Waals surface area contributed by atoms with Crippen LogP contribution in [-0.4, -0.2) is 15.2 Å². The number of rotatable bonds is 3. The molecule has 0 atom stereocenters. The molecule has 0 bridgehead atoms. The number of alkyl halides is 2. The van der Waals surface area contributed by atoms with Crippen molar-refractivity contribution in [1.82, 2.24) is 4.98 Å². The Kier molecular flexibility index (Phi) is 3.32. The maximum atomic E-state index is 12.5. The van der Waals surface area contributed by atoms with Gasteiger partial charge in [-0.3, -0.25) is 4.98 Å². The summed E-state index contributed by atoms with van der Waals surface area (Å²) < 4.78 is 24.9. The van der Waals surface area contributed by atoms with Crippen molar-refractivity contribution in [3.63, 3.8) is 0 Å². The maximum absolute atomic E-state index is 12.5. The third kappa shape index (κ3) is 1.80. The summed E-state index contributed by atoms with van der Waals surface area (Å²) in [4.78, 5) is 3.64. The summed E-state index contributed by atoms with van der Waals surface area (Å²) in [5.74, 6) is -0.631. The fourth-order valence-electron chi connectivity index (χ4n) is 1.11. The normalized spacial score (nSPS) is 10.9. The fourth-order valence-corrected chi connectivity index (χ4v) is 1.11. The number of aliphatic hydroxyl groups is 1. The van der Waals surface area contributed by atoms with Gasteiger partial charge >= 0.3 is 0 Å². The summed E-state index contributed by atoms with van der Waals surface area (Å²) in [6.07, 6.45) is -1.77. The van der Waals surface area contributed by atoms with Crippen LogP contribution in [0.5, 0.6) is 5.75 Å². The molecule has 6 heteroatoms. The number of nitrogens with two attached hydrogens (primary N) is 1. The lowest BCUT2D eigenvalue weighted by molar-refractivity contribution is 0.142. The zero-order chi connectivity index (χ0) is 10.7. The van der Waals surface area contributed by atoms with E-state index in [4.69, 9.17) is 10.8 Å². The minimum absolute atomic E-state index is 0.00231. The number of nitrogens with zero attached hydrogens (tertiary/aromatic N) is 1. The van der Waals surface area contributed by atoms with Crippen molar-refractivity contribution in [2.75, 3.05) is 0 Å². The van der Waals surface area contributed by atoms with Crippen LogP contribution >= 0.6 is 0 Å². The van der Waals surface area contributed by atoms with Crippen molar-refractivity contribution in [3.05, 3.63) is 23.0 Å². The smallest absolute Gasteiger partial charge is 0.267 e. The number of halogens is 2. The van der Waals surface area contributed by atoms with E-state index in [1.165, 1.54) is 0 Å². The molecule has 78 valence electrons. The van der Waals surface area contributed by atoms with Crippen molar-refractivity contribution in [2.24, 2.45) is 5.73 Å². The van der Waals surface area contributed by atoms with E-state index >= 15 is 0 Å². The Morgan fingerprint density at radius 1 is 1.50 bits per heavy atom. The third-order valence-corrected chi connectivity index (χ3v) is 1.83. The zero-order valence-corrected chi connectivity index (χ0v) is 7.24. The number of aliphatic hydroxyl groups excluding tert-OH is 1. The van der Waals surface area contributed by atoms with Crippen molar-refractivity contribution in [1.29, 1.82) is 0 Å². The molecule has 14 heavy (non-hydrogen) atoms. The Balaban J connectivity index is 3.31. The van der Waals surface area contributed by atoms with E-state index in [0.717, 1.165) is 6.20 Å². The van der Waals surface area contributed by atoms with E-state index in [9.17, 15) is 13.9 Å². The molecule has 0 unspecified atom stereocenters. The predicted octanol–water partition coefficient (Wildman–Crippen LogP) is 0.676. The second-order valence-electron chi connectivity index (χ2n) is 2.66. The number of hydrogen-bond acceptors (Lipinski definition) is 4. The Hall–Kier alpha value is -1.27. The van der Waals surface area contributed by atoms with E-state index in [1.807, 2.05) is 0 Å². The monoisotopic (exact) mass is 204 g/mol. The topological polar surface area (TPSA) is 79.4 Å². The lowest BCUT2D eigenvalue weighted by Gasteiger charge is -2.10. The molecule has 0 spiro atoms. The lowest BCUT2D eigenvalue weighted by atomic mass is 10.1. The highest BCUT2D eigenvalue weighted by Crippen LogP contribution is 2.32. The first-order valence-corrected chi connectivity index (χ1v) is 3.90. The van der Waals surface area contributed by atoms with Gasteiger partial charge in [0.15, 0.2) is 0 Å². The van der Waals surface area contributed by atoms with E-state index < -0.39 is 24.3 Å². The summed E-state index contributed by atoms with van der Waals surface area (Å²) in [6, 6.07) is 0. The van der Waals surface area contributed by atoms with Gasteiger partial charge < -0.3 is 15.9 Å². The van der Waals surface area contributed by atoms with E-state index in [-0.39, 0.29) is 17.8 Å². The molecule has 1 heterocycles. The van der Waals surface area contributed by atoms with Gasteiger partial charge in [-0.15, -0.1) is 0 Å². The summed E-state index contributed by atoms with van der Waals surface area (Å²) in [5, 5.41) is 18.1. The molecular formula is C8H10F2N2O2. The van der Waals surface area contributed by atoms with Crippen molar-refractivity contribution < 1.29 is 19.0 Å². The molecule has 0 saturated heterocycles. The quantitative estimate of drug-likeness (QED) is 0.676. The van der Waals surface area contributed by atoms with Gasteiger partial charge in [0.25, 0.3) is 6.43 Å². The first-order chi connectivity index (χ1) is 6.61. The van der Waals surface area contributed by atoms with Gasteiger partial charge in [0.1, 0.15) is 5.75 Å². The Bertz CT molecular complexity index is 331. The van der Waals surface area contributed by atoms with Gasteiger partial charge in [-0.25, -0.2) is 8.78 Å². The van der Waals surface area contributed by atoms with Gasteiger partial charge in [-0.05, 0) is 0 Å². The Morgan fingerprint density at radius 2 is 2.14 bits per heavy atom. The summed E-state index contributed by atoms with van der Waals surface area (Å²) in [7, 11) is 0. The average Bonchev–Trinajstić information content (AvgIpc) is 2.16. The molecule has 0 aliphatic heterocycles. The lowest BCUT2D eigenvalue weighted by Crippen LogP contribution is -2.05. The third-order valence-electron chi connectivity index (χ3n) is 1.83. The minimum atomic E-state index is -2.86. The molecule has 0 radical (unpaired) electrons. The molecule has 0 fully saturated rings. The van der Waals surface area contributed by atoms with Crippen LogP contribution in [0.3, 0.4) is 0 Å². The summed E-state index contributed by atoms with van der Waals surface area (Å²) >= 11 is 0. The van der Waals surface area contributed by atoms with Crippen LogP contribution in [0.2, 0.25) is 0 Å². The van der Waals surface area contributed by atoms with Gasteiger partial charge in [-0.2, -0.15) is 0 Å². The second kappa shape index (κ2) is 4.30. The molecule has 1 aromatic rings. The van der Waals surface area contributed by atoms with Gasteiger partial charge in [0.2, 0.25) is 0 Å². The van der Waals surface area contributed by atoms with E-state index in [2.05, 4.69) is 4.98 Å². The van der Waals surface area contributed by atoms with Crippen molar-refractivity contribution in [3.8, 4) is 5.75 Å². The standard InChI is InChI=1S/C8H10F2N2O2/c9-8(10)6-4(3-13)2-12-5(1-11)7(6)14/h2,8,13-14H,1,3,11H2. The highest BCUT2D eigenvalue weighted by atomic mass is 19.3. The van der Waals surface area contributed by atoms with Crippen molar-refractivity contribution >= 4 is 0 Å². The first-order valence-electron chi connectivity index (χ1n) is 3.90. The number of aromatic nitrogens is 1. The van der Waals surface area contributed by atoms with Crippen LogP contribution in [0.4, 0.5) is 8.78 Å². The average molecular weight is 204 g/mol. The van der Waals surface area contributed by atoms with Gasteiger partial charge in [-0.1, -0.05) is 0 Å². The SMILES string of the molecule is NCc1ncc(CO)c(C(F)F)c1O. The maximum Gasteiger partial charge on any atom is 0.267 e. The summed E-state index contributed by atoms with van der Waals surface area (Å²) in [6.45, 7) is -0.720. The first kappa shape index (κ1) is 10.8. The second-order valence-corrected chi connectivity index (χ2v) is 2.66. The Labute approximate surface area is 79.0 Å². The molecule has 4 nitrogen and oxygen atoms in total. The van der Waals surface area contributed by atoms with Gasteiger partial charge in [0.05, 0.1) is 17.9 Å². The minimum Gasteiger partial charge on any atom is -0.505 e. The number of hydrogen-bond donors (Lipinski definition) is 3. The zero-order valence-electron chi connectivity index (χ0n) is 7.24. The van der Waals surface area contributed by atoms with Crippen LogP contribution in [0.25, 0.3) is 0 Å². The molecule has 0 amide bonds. The largest absolute Gasteiger partial charge is 0.505 e. The fraction of sp³-hybridized carbons (Fsp3) is 0.375. The molecule has 0 aromatic carbocycles. The predicted molar refractivity (Wildman–Crippen MR) is 44.7 cm³/mol.